The fraction of sp³-hybridized carbons (Fsp3) is 0.0667. The second-order valence-electron chi connectivity index (χ2n) is 4.52. The van der Waals surface area contributed by atoms with Crippen LogP contribution in [0.1, 0.15) is 5.56 Å². The van der Waals surface area contributed by atoms with Gasteiger partial charge in [0.1, 0.15) is 0 Å². The smallest absolute Gasteiger partial charge is 0.224 e. The molecule has 1 N–H and O–H groups in total. The fourth-order valence-electron chi connectivity index (χ4n) is 2.01. The summed E-state index contributed by atoms with van der Waals surface area (Å²) in [7, 11) is 1.93. The first-order valence-electron chi connectivity index (χ1n) is 6.31. The first-order chi connectivity index (χ1) is 10.1. The SMILES string of the molecule is Cn1c(N/N=C\c2ccc(Cl)cc2Cl)nc2ccccc21. The van der Waals surface area contributed by atoms with Gasteiger partial charge in [0.05, 0.1) is 22.3 Å². The summed E-state index contributed by atoms with van der Waals surface area (Å²) in [5.74, 6) is 0.664. The van der Waals surface area contributed by atoms with Crippen molar-refractivity contribution in [3.63, 3.8) is 0 Å². The zero-order chi connectivity index (χ0) is 14.8. The Morgan fingerprint density at radius 3 is 2.76 bits per heavy atom. The van der Waals surface area contributed by atoms with Crippen molar-refractivity contribution in [3.05, 3.63) is 58.1 Å². The van der Waals surface area contributed by atoms with E-state index in [4.69, 9.17) is 23.2 Å². The predicted molar refractivity (Wildman–Crippen MR) is 88.4 cm³/mol. The average Bonchev–Trinajstić information content (AvgIpc) is 2.79. The molecule has 0 saturated heterocycles. The first kappa shape index (κ1) is 13.9. The van der Waals surface area contributed by atoms with Crippen molar-refractivity contribution < 1.29 is 0 Å². The maximum atomic E-state index is 6.08. The summed E-state index contributed by atoms with van der Waals surface area (Å²) in [5.41, 5.74) is 5.67. The lowest BCUT2D eigenvalue weighted by Crippen LogP contribution is -1.98. The zero-order valence-corrected chi connectivity index (χ0v) is 12.7. The minimum Gasteiger partial charge on any atom is -0.312 e. The van der Waals surface area contributed by atoms with Crippen LogP contribution in [0.5, 0.6) is 0 Å². The predicted octanol–water partition coefficient (Wildman–Crippen LogP) is 4.33. The summed E-state index contributed by atoms with van der Waals surface area (Å²) < 4.78 is 1.94. The molecule has 21 heavy (non-hydrogen) atoms. The van der Waals surface area contributed by atoms with Gasteiger partial charge in [-0.2, -0.15) is 5.10 Å². The summed E-state index contributed by atoms with van der Waals surface area (Å²) in [4.78, 5) is 4.46. The maximum absolute atomic E-state index is 6.08. The Morgan fingerprint density at radius 1 is 1.19 bits per heavy atom. The number of imidazole rings is 1. The number of nitrogens with zero attached hydrogens (tertiary/aromatic N) is 3. The third-order valence-electron chi connectivity index (χ3n) is 3.12. The number of rotatable bonds is 3. The molecule has 0 spiro atoms. The van der Waals surface area contributed by atoms with Gasteiger partial charge < -0.3 is 4.57 Å². The van der Waals surface area contributed by atoms with E-state index >= 15 is 0 Å². The minimum absolute atomic E-state index is 0.554. The molecule has 4 nitrogen and oxygen atoms in total. The monoisotopic (exact) mass is 318 g/mol. The second-order valence-corrected chi connectivity index (χ2v) is 5.36. The Bertz CT molecular complexity index is 824. The second kappa shape index (κ2) is 5.76. The van der Waals surface area contributed by atoms with Crippen LogP contribution in [0.15, 0.2) is 47.6 Å². The number of para-hydroxylation sites is 2. The molecule has 2 aromatic carbocycles. The van der Waals surface area contributed by atoms with E-state index < -0.39 is 0 Å². The van der Waals surface area contributed by atoms with Gasteiger partial charge in [0.15, 0.2) is 0 Å². The van der Waals surface area contributed by atoms with Crippen LogP contribution in [0.25, 0.3) is 11.0 Å². The summed E-state index contributed by atoms with van der Waals surface area (Å²) in [6.07, 6.45) is 1.64. The van der Waals surface area contributed by atoms with Crippen LogP contribution < -0.4 is 5.43 Å². The van der Waals surface area contributed by atoms with Crippen LogP contribution in [-0.4, -0.2) is 15.8 Å². The third-order valence-corrected chi connectivity index (χ3v) is 3.68. The van der Waals surface area contributed by atoms with Crippen molar-refractivity contribution in [1.29, 1.82) is 0 Å². The van der Waals surface area contributed by atoms with Crippen LogP contribution >= 0.6 is 23.2 Å². The molecule has 106 valence electrons. The number of hydrogen-bond donors (Lipinski definition) is 1. The van der Waals surface area contributed by atoms with E-state index in [0.717, 1.165) is 16.6 Å². The van der Waals surface area contributed by atoms with Gasteiger partial charge in [-0.05, 0) is 24.3 Å². The van der Waals surface area contributed by atoms with E-state index in [0.29, 0.717) is 16.0 Å². The molecule has 0 amide bonds. The van der Waals surface area contributed by atoms with Crippen LogP contribution in [-0.2, 0) is 7.05 Å². The van der Waals surface area contributed by atoms with E-state index in [1.165, 1.54) is 0 Å². The maximum Gasteiger partial charge on any atom is 0.224 e. The fourth-order valence-corrected chi connectivity index (χ4v) is 2.47. The summed E-state index contributed by atoms with van der Waals surface area (Å²) in [6.45, 7) is 0. The van der Waals surface area contributed by atoms with Crippen LogP contribution in [0.2, 0.25) is 10.0 Å². The quantitative estimate of drug-likeness (QED) is 0.577. The number of hydrogen-bond acceptors (Lipinski definition) is 3. The minimum atomic E-state index is 0.554. The molecular weight excluding hydrogens is 307 g/mol. The molecule has 0 bridgehead atoms. The number of aryl methyl sites for hydroxylation is 1. The molecule has 0 fully saturated rings. The van der Waals surface area contributed by atoms with Gasteiger partial charge in [-0.25, -0.2) is 10.4 Å². The van der Waals surface area contributed by atoms with Crippen molar-refractivity contribution in [2.45, 2.75) is 0 Å². The number of hydrazone groups is 1. The number of benzene rings is 2. The highest BCUT2D eigenvalue weighted by atomic mass is 35.5. The molecule has 0 aliphatic rings. The molecule has 0 radical (unpaired) electrons. The van der Waals surface area contributed by atoms with Crippen LogP contribution in [0.4, 0.5) is 5.95 Å². The Kier molecular flexibility index (Phi) is 3.82. The van der Waals surface area contributed by atoms with E-state index in [9.17, 15) is 0 Å². The Morgan fingerprint density at radius 2 is 2.00 bits per heavy atom. The number of anilines is 1. The van der Waals surface area contributed by atoms with Gasteiger partial charge in [-0.1, -0.05) is 41.4 Å². The normalized spacial score (nSPS) is 11.4. The van der Waals surface area contributed by atoms with Crippen molar-refractivity contribution in [3.8, 4) is 0 Å². The molecule has 3 rings (SSSR count). The largest absolute Gasteiger partial charge is 0.312 e. The van der Waals surface area contributed by atoms with Crippen molar-refractivity contribution in [2.24, 2.45) is 12.1 Å². The molecule has 0 saturated carbocycles. The Labute approximate surface area is 132 Å². The number of fused-ring (bicyclic) bond motifs is 1. The molecule has 0 aliphatic carbocycles. The lowest BCUT2D eigenvalue weighted by atomic mass is 10.2. The molecule has 6 heteroatoms. The van der Waals surface area contributed by atoms with E-state index in [1.807, 2.05) is 41.9 Å². The summed E-state index contributed by atoms with van der Waals surface area (Å²) in [5, 5.41) is 5.32. The molecule has 1 heterocycles. The van der Waals surface area contributed by atoms with Gasteiger partial charge in [-0.3, -0.25) is 0 Å². The highest BCUT2D eigenvalue weighted by Crippen LogP contribution is 2.20. The number of halogens is 2. The molecule has 0 aliphatic heterocycles. The third kappa shape index (κ3) is 2.86. The van der Waals surface area contributed by atoms with E-state index in [2.05, 4.69) is 15.5 Å². The number of aromatic nitrogens is 2. The Balaban J connectivity index is 1.83. The lowest BCUT2D eigenvalue weighted by Gasteiger charge is -2.01. The molecule has 0 atom stereocenters. The van der Waals surface area contributed by atoms with Gasteiger partial charge in [-0.15, -0.1) is 0 Å². The van der Waals surface area contributed by atoms with E-state index in [-0.39, 0.29) is 0 Å². The van der Waals surface area contributed by atoms with Crippen LogP contribution in [0.3, 0.4) is 0 Å². The van der Waals surface area contributed by atoms with Crippen molar-refractivity contribution >= 4 is 46.4 Å². The highest BCUT2D eigenvalue weighted by Gasteiger charge is 2.05. The van der Waals surface area contributed by atoms with Gasteiger partial charge in [0.2, 0.25) is 5.95 Å². The van der Waals surface area contributed by atoms with Crippen molar-refractivity contribution in [2.75, 3.05) is 5.43 Å². The average molecular weight is 319 g/mol. The topological polar surface area (TPSA) is 42.2 Å². The molecule has 1 aromatic heterocycles. The van der Waals surface area contributed by atoms with Gasteiger partial charge in [0, 0.05) is 17.6 Å². The molecule has 0 unspecified atom stereocenters. The van der Waals surface area contributed by atoms with Crippen LogP contribution in [0, 0.1) is 0 Å². The van der Waals surface area contributed by atoms with Gasteiger partial charge in [0.25, 0.3) is 0 Å². The highest BCUT2D eigenvalue weighted by molar-refractivity contribution is 6.36. The number of nitrogens with one attached hydrogen (secondary N) is 1. The Hall–Kier alpha value is -2.04. The summed E-state index contributed by atoms with van der Waals surface area (Å²) in [6, 6.07) is 13.2. The summed E-state index contributed by atoms with van der Waals surface area (Å²) >= 11 is 11.9. The van der Waals surface area contributed by atoms with Gasteiger partial charge >= 0.3 is 0 Å². The molecule has 3 aromatic rings. The van der Waals surface area contributed by atoms with E-state index in [1.54, 1.807) is 18.3 Å². The molecular formula is C15H12Cl2N4. The lowest BCUT2D eigenvalue weighted by molar-refractivity contribution is 0.943. The zero-order valence-electron chi connectivity index (χ0n) is 11.2. The standard InChI is InChI=1S/C15H12Cl2N4/c1-21-14-5-3-2-4-13(14)19-15(21)20-18-9-10-6-7-11(16)8-12(10)17/h2-9H,1H3,(H,19,20)/b18-9-. The first-order valence-corrected chi connectivity index (χ1v) is 7.06. The van der Waals surface area contributed by atoms with Crippen molar-refractivity contribution in [1.82, 2.24) is 9.55 Å².